The second kappa shape index (κ2) is 9.93. The van der Waals surface area contributed by atoms with Crippen LogP contribution in [0.15, 0.2) is 12.4 Å². The molecular weight excluding hydrogens is 407 g/mol. The van der Waals surface area contributed by atoms with Gasteiger partial charge in [-0.3, -0.25) is 9.69 Å². The largest absolute Gasteiger partial charge is 0.434 e. The van der Waals surface area contributed by atoms with Crippen LogP contribution in [-0.2, 0) is 11.0 Å². The lowest BCUT2D eigenvalue weighted by molar-refractivity contribution is -0.141. The summed E-state index contributed by atoms with van der Waals surface area (Å²) < 4.78 is 37.8. The van der Waals surface area contributed by atoms with Crippen LogP contribution in [0.25, 0.3) is 0 Å². The second-order valence-electron chi connectivity index (χ2n) is 7.83. The highest BCUT2D eigenvalue weighted by atomic mass is 35.5. The Balaban J connectivity index is 0.00000300. The molecule has 1 aromatic rings. The maximum Gasteiger partial charge on any atom is 0.434 e. The summed E-state index contributed by atoms with van der Waals surface area (Å²) in [5, 5.41) is 0. The normalized spacial score (nSPS) is 19.8. The van der Waals surface area contributed by atoms with E-state index in [4.69, 9.17) is 0 Å². The topological polar surface area (TPSA) is 52.6 Å². The molecule has 6 nitrogen and oxygen atoms in total. The third kappa shape index (κ3) is 5.94. The Morgan fingerprint density at radius 1 is 1.03 bits per heavy atom. The molecule has 0 saturated carbocycles. The van der Waals surface area contributed by atoms with Crippen molar-refractivity contribution < 1.29 is 18.0 Å². The molecule has 3 heterocycles. The highest BCUT2D eigenvalue weighted by Gasteiger charge is 2.34. The monoisotopic (exact) mass is 435 g/mol. The molecule has 0 aliphatic carbocycles. The molecule has 0 unspecified atom stereocenters. The maximum atomic E-state index is 12.9. The summed E-state index contributed by atoms with van der Waals surface area (Å²) >= 11 is 0. The number of carbonyl (C=O) groups excluding carboxylic acids is 1. The van der Waals surface area contributed by atoms with Gasteiger partial charge in [-0.05, 0) is 33.1 Å². The van der Waals surface area contributed by atoms with E-state index in [0.29, 0.717) is 37.8 Å². The molecular formula is C19H29ClF3N5O. The van der Waals surface area contributed by atoms with Crippen molar-refractivity contribution in [2.24, 2.45) is 5.92 Å². The number of hydrogen-bond donors (Lipinski definition) is 0. The molecule has 0 spiro atoms. The summed E-state index contributed by atoms with van der Waals surface area (Å²) in [5.41, 5.74) is -0.988. The van der Waals surface area contributed by atoms with Crippen LogP contribution in [0.3, 0.4) is 0 Å². The molecule has 2 aliphatic heterocycles. The summed E-state index contributed by atoms with van der Waals surface area (Å²) in [7, 11) is 0. The van der Waals surface area contributed by atoms with E-state index in [0.717, 1.165) is 38.8 Å². The number of amides is 1. The first-order chi connectivity index (χ1) is 13.3. The zero-order chi connectivity index (χ0) is 20.3. The van der Waals surface area contributed by atoms with E-state index in [1.807, 2.05) is 9.80 Å². The van der Waals surface area contributed by atoms with E-state index in [2.05, 4.69) is 28.7 Å². The standard InChI is InChI=1S/C19H28F3N5O.ClH/c1-14(2)25-6-3-7-27(11-10-25)18(28)15-4-8-26(9-5-15)17-13-23-16(12-24-17)19(20,21)22;/h12-15H,3-11H2,1-2H3;1H. The van der Waals surface area contributed by atoms with Crippen LogP contribution in [-0.4, -0.2) is 71.0 Å². The van der Waals surface area contributed by atoms with Gasteiger partial charge in [0.05, 0.1) is 12.4 Å². The third-order valence-corrected chi connectivity index (χ3v) is 5.67. The Bertz CT molecular complexity index is 663. The summed E-state index contributed by atoms with van der Waals surface area (Å²) in [4.78, 5) is 26.6. The number of anilines is 1. The van der Waals surface area contributed by atoms with E-state index < -0.39 is 11.9 Å². The lowest BCUT2D eigenvalue weighted by atomic mass is 9.95. The SMILES string of the molecule is CC(C)N1CCCN(C(=O)C2CCN(c3cnc(C(F)(F)F)cn3)CC2)CC1.Cl. The minimum Gasteiger partial charge on any atom is -0.355 e. The molecule has 2 saturated heterocycles. The molecule has 2 aliphatic rings. The fraction of sp³-hybridized carbons (Fsp3) is 0.737. The molecule has 10 heteroatoms. The Hall–Kier alpha value is -1.61. The zero-order valence-corrected chi connectivity index (χ0v) is 17.7. The number of aromatic nitrogens is 2. The van der Waals surface area contributed by atoms with Gasteiger partial charge in [-0.25, -0.2) is 9.97 Å². The van der Waals surface area contributed by atoms with E-state index in [1.165, 1.54) is 6.20 Å². The van der Waals surface area contributed by atoms with Crippen LogP contribution < -0.4 is 4.90 Å². The quantitative estimate of drug-likeness (QED) is 0.730. The number of hydrogen-bond acceptors (Lipinski definition) is 5. The first-order valence-corrected chi connectivity index (χ1v) is 9.92. The van der Waals surface area contributed by atoms with Crippen molar-refractivity contribution in [3.8, 4) is 0 Å². The van der Waals surface area contributed by atoms with Crippen LogP contribution in [0.2, 0.25) is 0 Å². The van der Waals surface area contributed by atoms with Crippen molar-refractivity contribution in [2.75, 3.05) is 44.2 Å². The van der Waals surface area contributed by atoms with Gasteiger partial charge >= 0.3 is 6.18 Å². The molecule has 0 bridgehead atoms. The second-order valence-corrected chi connectivity index (χ2v) is 7.83. The van der Waals surface area contributed by atoms with Crippen molar-refractivity contribution in [1.29, 1.82) is 0 Å². The van der Waals surface area contributed by atoms with Gasteiger partial charge in [0.2, 0.25) is 5.91 Å². The lowest BCUT2D eigenvalue weighted by Crippen LogP contribution is -2.44. The van der Waals surface area contributed by atoms with Gasteiger partial charge in [0.15, 0.2) is 5.69 Å². The van der Waals surface area contributed by atoms with E-state index >= 15 is 0 Å². The zero-order valence-electron chi connectivity index (χ0n) is 16.9. The van der Waals surface area contributed by atoms with Gasteiger partial charge < -0.3 is 9.80 Å². The smallest absolute Gasteiger partial charge is 0.355 e. The molecule has 164 valence electrons. The molecule has 0 aromatic carbocycles. The summed E-state index contributed by atoms with van der Waals surface area (Å²) in [6, 6.07) is 0.489. The molecule has 0 N–H and O–H groups in total. The van der Waals surface area contributed by atoms with Gasteiger partial charge in [-0.1, -0.05) is 0 Å². The van der Waals surface area contributed by atoms with Crippen molar-refractivity contribution in [1.82, 2.24) is 19.8 Å². The molecule has 3 rings (SSSR count). The van der Waals surface area contributed by atoms with Crippen molar-refractivity contribution in [3.63, 3.8) is 0 Å². The van der Waals surface area contributed by atoms with Crippen LogP contribution >= 0.6 is 12.4 Å². The number of rotatable bonds is 3. The Morgan fingerprint density at radius 2 is 1.72 bits per heavy atom. The third-order valence-electron chi connectivity index (χ3n) is 5.67. The maximum absolute atomic E-state index is 12.9. The van der Waals surface area contributed by atoms with Crippen LogP contribution in [0.1, 0.15) is 38.8 Å². The minimum atomic E-state index is -4.48. The van der Waals surface area contributed by atoms with Crippen molar-refractivity contribution in [3.05, 3.63) is 18.1 Å². The molecule has 1 aromatic heterocycles. The van der Waals surface area contributed by atoms with Gasteiger partial charge in [0, 0.05) is 51.2 Å². The number of nitrogens with zero attached hydrogens (tertiary/aromatic N) is 5. The van der Waals surface area contributed by atoms with Crippen molar-refractivity contribution >= 4 is 24.1 Å². The minimum absolute atomic E-state index is 0. The lowest BCUT2D eigenvalue weighted by Gasteiger charge is -2.34. The fourth-order valence-corrected chi connectivity index (χ4v) is 3.92. The Kier molecular flexibility index (Phi) is 8.10. The Morgan fingerprint density at radius 3 is 2.28 bits per heavy atom. The highest BCUT2D eigenvalue weighted by molar-refractivity contribution is 5.85. The van der Waals surface area contributed by atoms with Crippen molar-refractivity contribution in [2.45, 2.75) is 45.3 Å². The van der Waals surface area contributed by atoms with Gasteiger partial charge in [0.1, 0.15) is 5.82 Å². The summed E-state index contributed by atoms with van der Waals surface area (Å²) in [5.74, 6) is 0.620. The summed E-state index contributed by atoms with van der Waals surface area (Å²) in [6.45, 7) is 9.05. The predicted molar refractivity (Wildman–Crippen MR) is 107 cm³/mol. The van der Waals surface area contributed by atoms with Crippen LogP contribution in [0.5, 0.6) is 0 Å². The average molecular weight is 436 g/mol. The highest BCUT2D eigenvalue weighted by Crippen LogP contribution is 2.28. The van der Waals surface area contributed by atoms with E-state index in [9.17, 15) is 18.0 Å². The van der Waals surface area contributed by atoms with Gasteiger partial charge in [0.25, 0.3) is 0 Å². The Labute approximate surface area is 175 Å². The molecule has 2 fully saturated rings. The number of alkyl halides is 3. The molecule has 0 radical (unpaired) electrons. The average Bonchev–Trinajstić information content (AvgIpc) is 2.93. The number of piperidine rings is 1. The first-order valence-electron chi connectivity index (χ1n) is 9.92. The fourth-order valence-electron chi connectivity index (χ4n) is 3.92. The molecule has 1 amide bonds. The van der Waals surface area contributed by atoms with Gasteiger partial charge in [-0.2, -0.15) is 13.2 Å². The molecule has 29 heavy (non-hydrogen) atoms. The molecule has 0 atom stereocenters. The van der Waals surface area contributed by atoms with E-state index in [1.54, 1.807) is 0 Å². The number of halogens is 4. The number of carbonyl (C=O) groups is 1. The van der Waals surface area contributed by atoms with Crippen LogP contribution in [0, 0.1) is 5.92 Å². The summed E-state index contributed by atoms with van der Waals surface area (Å²) in [6.07, 6.45) is -0.185. The first kappa shape index (κ1) is 23.7. The van der Waals surface area contributed by atoms with Crippen LogP contribution in [0.4, 0.5) is 19.0 Å². The predicted octanol–water partition coefficient (Wildman–Crippen LogP) is 3.08. The van der Waals surface area contributed by atoms with Gasteiger partial charge in [-0.15, -0.1) is 12.4 Å². The van der Waals surface area contributed by atoms with E-state index in [-0.39, 0.29) is 24.2 Å².